The zero-order valence-electron chi connectivity index (χ0n) is 14.4. The number of carbonyl (C=O) groups excluding carboxylic acids is 1. The van der Waals surface area contributed by atoms with Gasteiger partial charge in [0.2, 0.25) is 0 Å². The summed E-state index contributed by atoms with van der Waals surface area (Å²) < 4.78 is 32.8. The van der Waals surface area contributed by atoms with Crippen molar-refractivity contribution in [2.24, 2.45) is 0 Å². The zero-order valence-corrected chi connectivity index (χ0v) is 15.3. The van der Waals surface area contributed by atoms with E-state index in [0.29, 0.717) is 10.9 Å². The van der Waals surface area contributed by atoms with Crippen LogP contribution in [0.4, 0.5) is 5.69 Å². The van der Waals surface area contributed by atoms with Crippen LogP contribution in [0, 0.1) is 6.92 Å². The molecule has 27 heavy (non-hydrogen) atoms. The van der Waals surface area contributed by atoms with Crippen LogP contribution in [-0.2, 0) is 14.8 Å². The molecule has 3 N–H and O–H groups in total. The second-order valence-electron chi connectivity index (χ2n) is 5.82. The number of hydrogen-bond donors (Lipinski definition) is 3. The van der Waals surface area contributed by atoms with E-state index in [1.54, 1.807) is 25.1 Å². The van der Waals surface area contributed by atoms with Crippen LogP contribution in [-0.4, -0.2) is 37.6 Å². The molecule has 3 rings (SSSR count). The van der Waals surface area contributed by atoms with Crippen molar-refractivity contribution in [3.05, 3.63) is 59.3 Å². The Morgan fingerprint density at radius 1 is 1.15 bits per heavy atom. The molecule has 0 aliphatic carbocycles. The van der Waals surface area contributed by atoms with Gasteiger partial charge >= 0.3 is 11.9 Å². The van der Waals surface area contributed by atoms with Crippen molar-refractivity contribution in [3.63, 3.8) is 0 Å². The van der Waals surface area contributed by atoms with Gasteiger partial charge in [-0.05, 0) is 31.2 Å². The number of methoxy groups -OCH3 is 1. The fourth-order valence-corrected chi connectivity index (χ4v) is 4.03. The highest BCUT2D eigenvalue weighted by atomic mass is 32.2. The first-order valence-electron chi connectivity index (χ1n) is 7.80. The molecule has 0 unspecified atom stereocenters. The summed E-state index contributed by atoms with van der Waals surface area (Å²) >= 11 is 0. The first-order valence-corrected chi connectivity index (χ1v) is 9.28. The van der Waals surface area contributed by atoms with Crippen LogP contribution in [0.1, 0.15) is 26.4 Å². The van der Waals surface area contributed by atoms with Gasteiger partial charge in [0.25, 0.3) is 10.0 Å². The molecule has 0 saturated heterocycles. The Balaban J connectivity index is 2.18. The van der Waals surface area contributed by atoms with Crippen molar-refractivity contribution in [3.8, 4) is 0 Å². The summed E-state index contributed by atoms with van der Waals surface area (Å²) in [6.45, 7) is 1.80. The third kappa shape index (κ3) is 3.36. The average Bonchev–Trinajstić information content (AvgIpc) is 2.98. The Kier molecular flexibility index (Phi) is 4.63. The lowest BCUT2D eigenvalue weighted by molar-refractivity contribution is 0.0595. The van der Waals surface area contributed by atoms with Gasteiger partial charge in [-0.15, -0.1) is 0 Å². The Hall–Kier alpha value is -3.33. The quantitative estimate of drug-likeness (QED) is 0.577. The number of aromatic nitrogens is 1. The Labute approximate surface area is 154 Å². The van der Waals surface area contributed by atoms with Crippen LogP contribution in [0.25, 0.3) is 10.9 Å². The summed E-state index contributed by atoms with van der Waals surface area (Å²) in [7, 11) is -3.12. The predicted molar refractivity (Wildman–Crippen MR) is 98.6 cm³/mol. The Bertz CT molecular complexity index is 1160. The Morgan fingerprint density at radius 3 is 2.52 bits per heavy atom. The number of benzene rings is 2. The molecule has 0 radical (unpaired) electrons. The molecule has 1 heterocycles. The zero-order chi connectivity index (χ0) is 19.8. The number of H-pyrrole nitrogens is 1. The largest absolute Gasteiger partial charge is 0.477 e. The van der Waals surface area contributed by atoms with Gasteiger partial charge < -0.3 is 14.8 Å². The minimum atomic E-state index is -4.26. The number of carbonyl (C=O) groups is 2. The van der Waals surface area contributed by atoms with E-state index < -0.39 is 22.0 Å². The SMILES string of the molecule is COC(=O)c1ccccc1S(=O)(=O)Nc1c(C(=O)O)[nH]c2ccc(C)cc12. The molecule has 0 fully saturated rings. The number of aromatic amines is 1. The number of esters is 1. The number of aryl methyl sites for hydroxylation is 1. The van der Waals surface area contributed by atoms with E-state index in [4.69, 9.17) is 0 Å². The van der Waals surface area contributed by atoms with E-state index in [2.05, 4.69) is 14.4 Å². The van der Waals surface area contributed by atoms with E-state index in [1.807, 2.05) is 0 Å². The molecule has 0 atom stereocenters. The van der Waals surface area contributed by atoms with Crippen LogP contribution in [0.15, 0.2) is 47.4 Å². The summed E-state index contributed by atoms with van der Waals surface area (Å²) in [5, 5.41) is 9.85. The molecule has 3 aromatic rings. The lowest BCUT2D eigenvalue weighted by Crippen LogP contribution is -2.18. The summed E-state index contributed by atoms with van der Waals surface area (Å²) in [5.41, 5.74) is 0.752. The summed E-state index contributed by atoms with van der Waals surface area (Å²) in [5.74, 6) is -2.13. The van der Waals surface area contributed by atoms with E-state index in [-0.39, 0.29) is 21.8 Å². The smallest absolute Gasteiger partial charge is 0.354 e. The first kappa shape index (κ1) is 18.5. The third-order valence-electron chi connectivity index (χ3n) is 3.99. The van der Waals surface area contributed by atoms with Gasteiger partial charge in [0.05, 0.1) is 18.4 Å². The molecule has 8 nitrogen and oxygen atoms in total. The van der Waals surface area contributed by atoms with E-state index in [1.165, 1.54) is 24.3 Å². The standard InChI is InChI=1S/C18H16N2O6S/c1-10-7-8-13-12(9-10)15(16(19-13)17(21)22)20-27(24,25)14-6-4-3-5-11(14)18(23)26-2/h3-9,19-20H,1-2H3,(H,21,22). The predicted octanol–water partition coefficient (Wildman–Crippen LogP) is 2.76. The number of carboxylic acid groups (broad SMARTS) is 1. The van der Waals surface area contributed by atoms with Crippen LogP contribution >= 0.6 is 0 Å². The van der Waals surface area contributed by atoms with Gasteiger partial charge in [-0.25, -0.2) is 18.0 Å². The van der Waals surface area contributed by atoms with Crippen LogP contribution in [0.3, 0.4) is 0 Å². The van der Waals surface area contributed by atoms with Gasteiger partial charge in [-0.1, -0.05) is 23.8 Å². The maximum atomic E-state index is 12.9. The van der Waals surface area contributed by atoms with Gasteiger partial charge in [0, 0.05) is 10.9 Å². The number of anilines is 1. The molecule has 0 aliphatic heterocycles. The van der Waals surface area contributed by atoms with Crippen molar-refractivity contribution >= 4 is 38.6 Å². The molecule has 0 saturated carbocycles. The van der Waals surface area contributed by atoms with Crippen molar-refractivity contribution < 1.29 is 27.9 Å². The molecule has 2 aromatic carbocycles. The van der Waals surface area contributed by atoms with E-state index in [0.717, 1.165) is 12.7 Å². The topological polar surface area (TPSA) is 126 Å². The fraction of sp³-hybridized carbons (Fsp3) is 0.111. The normalized spacial score (nSPS) is 11.3. The number of nitrogens with one attached hydrogen (secondary N) is 2. The molecule has 0 amide bonds. The number of carboxylic acids is 1. The molecule has 140 valence electrons. The van der Waals surface area contributed by atoms with Crippen molar-refractivity contribution in [1.29, 1.82) is 0 Å². The summed E-state index contributed by atoms with van der Waals surface area (Å²) in [6, 6.07) is 10.6. The second kappa shape index (κ2) is 6.76. The van der Waals surface area contributed by atoms with Gasteiger partial charge in [0.15, 0.2) is 0 Å². The highest BCUT2D eigenvalue weighted by Gasteiger charge is 2.26. The van der Waals surface area contributed by atoms with Gasteiger partial charge in [-0.3, -0.25) is 4.72 Å². The van der Waals surface area contributed by atoms with Crippen molar-refractivity contribution in [1.82, 2.24) is 4.98 Å². The number of aromatic carboxylic acids is 1. The van der Waals surface area contributed by atoms with E-state index in [9.17, 15) is 23.1 Å². The molecule has 0 bridgehead atoms. The first-order chi connectivity index (χ1) is 12.7. The lowest BCUT2D eigenvalue weighted by atomic mass is 10.1. The van der Waals surface area contributed by atoms with E-state index >= 15 is 0 Å². The second-order valence-corrected chi connectivity index (χ2v) is 7.47. The Morgan fingerprint density at radius 2 is 1.85 bits per heavy atom. The van der Waals surface area contributed by atoms with Gasteiger partial charge in [0.1, 0.15) is 10.6 Å². The van der Waals surface area contributed by atoms with Crippen LogP contribution in [0.2, 0.25) is 0 Å². The number of hydrogen-bond acceptors (Lipinski definition) is 5. The lowest BCUT2D eigenvalue weighted by Gasteiger charge is -2.11. The maximum absolute atomic E-state index is 12.9. The van der Waals surface area contributed by atoms with Crippen LogP contribution in [0.5, 0.6) is 0 Å². The number of sulfonamides is 1. The minimum absolute atomic E-state index is 0.0964. The highest BCUT2D eigenvalue weighted by Crippen LogP contribution is 2.31. The van der Waals surface area contributed by atoms with Crippen molar-refractivity contribution in [2.75, 3.05) is 11.8 Å². The van der Waals surface area contributed by atoms with Crippen molar-refractivity contribution in [2.45, 2.75) is 11.8 Å². The molecular formula is C18H16N2O6S. The number of ether oxygens (including phenoxy) is 1. The van der Waals surface area contributed by atoms with Crippen LogP contribution < -0.4 is 4.72 Å². The maximum Gasteiger partial charge on any atom is 0.354 e. The highest BCUT2D eigenvalue weighted by molar-refractivity contribution is 7.92. The molecule has 0 spiro atoms. The average molecular weight is 388 g/mol. The third-order valence-corrected chi connectivity index (χ3v) is 5.39. The monoisotopic (exact) mass is 388 g/mol. The summed E-state index contributed by atoms with van der Waals surface area (Å²) in [4.78, 5) is 25.9. The van der Waals surface area contributed by atoms with Gasteiger partial charge in [-0.2, -0.15) is 0 Å². The molecule has 0 aliphatic rings. The summed E-state index contributed by atoms with van der Waals surface area (Å²) in [6.07, 6.45) is 0. The molecule has 9 heteroatoms. The number of fused-ring (bicyclic) bond motifs is 1. The minimum Gasteiger partial charge on any atom is -0.477 e. The molecule has 1 aromatic heterocycles. The number of rotatable bonds is 5. The fourth-order valence-electron chi connectivity index (χ4n) is 2.74. The molecular weight excluding hydrogens is 372 g/mol.